The van der Waals surface area contributed by atoms with Gasteiger partial charge in [0, 0.05) is 45.2 Å². The van der Waals surface area contributed by atoms with Crippen LogP contribution < -0.4 is 0 Å². The number of hydrogen-bond acceptors (Lipinski definition) is 5. The quantitative estimate of drug-likeness (QED) is 0.711. The Morgan fingerprint density at radius 2 is 1.96 bits per heavy atom. The van der Waals surface area contributed by atoms with Gasteiger partial charge in [-0.1, -0.05) is 30.3 Å². The molecule has 27 heavy (non-hydrogen) atoms. The minimum atomic E-state index is -0.402. The molecule has 3 heterocycles. The predicted octanol–water partition coefficient (Wildman–Crippen LogP) is 2.57. The third-order valence-electron chi connectivity index (χ3n) is 5.18. The zero-order valence-corrected chi connectivity index (χ0v) is 15.2. The molecule has 0 N–H and O–H groups in total. The highest BCUT2D eigenvalue weighted by atomic mass is 16.2. The van der Waals surface area contributed by atoms with Crippen molar-refractivity contribution in [1.29, 1.82) is 0 Å². The van der Waals surface area contributed by atoms with Crippen molar-refractivity contribution in [3.63, 3.8) is 0 Å². The number of hydrogen-bond donors (Lipinski definition) is 0. The van der Waals surface area contributed by atoms with Crippen LogP contribution >= 0.6 is 0 Å². The monoisotopic (exact) mass is 362 g/mol. The van der Waals surface area contributed by atoms with Crippen molar-refractivity contribution < 1.29 is 4.79 Å². The molecule has 0 bridgehead atoms. The van der Waals surface area contributed by atoms with Gasteiger partial charge in [0.15, 0.2) is 11.5 Å². The number of rotatable bonds is 7. The highest BCUT2D eigenvalue weighted by Crippen LogP contribution is 2.37. The third kappa shape index (κ3) is 3.90. The Morgan fingerprint density at radius 3 is 2.70 bits per heavy atom. The number of terminal acetylenes is 1. The minimum absolute atomic E-state index is 0.117. The van der Waals surface area contributed by atoms with Crippen LogP contribution in [0.4, 0.5) is 0 Å². The average molecular weight is 362 g/mol. The fourth-order valence-corrected chi connectivity index (χ4v) is 3.47. The number of benzene rings is 1. The highest BCUT2D eigenvalue weighted by molar-refractivity contribution is 5.76. The molecule has 7 nitrogen and oxygen atoms in total. The summed E-state index contributed by atoms with van der Waals surface area (Å²) < 4.78 is 2.14. The minimum Gasteiger partial charge on any atom is -0.333 e. The van der Waals surface area contributed by atoms with E-state index in [0.717, 1.165) is 31.0 Å². The summed E-state index contributed by atoms with van der Waals surface area (Å²) in [5.74, 6) is 4.53. The van der Waals surface area contributed by atoms with Crippen molar-refractivity contribution >= 4 is 5.91 Å². The lowest BCUT2D eigenvalue weighted by molar-refractivity contribution is -0.133. The summed E-state index contributed by atoms with van der Waals surface area (Å²) in [5, 5.41) is 16.8. The topological polar surface area (TPSA) is 75.7 Å². The number of nitrogens with zero attached hydrogens (tertiary/aromatic N) is 6. The van der Waals surface area contributed by atoms with E-state index in [0.29, 0.717) is 32.4 Å². The Kier molecular flexibility index (Phi) is 4.71. The molecule has 0 unspecified atom stereocenters. The predicted molar refractivity (Wildman–Crippen MR) is 99.6 cm³/mol. The molecule has 0 spiro atoms. The van der Waals surface area contributed by atoms with Gasteiger partial charge in [0.25, 0.3) is 0 Å². The number of aromatic nitrogens is 3. The number of amides is 1. The van der Waals surface area contributed by atoms with Gasteiger partial charge in [0.2, 0.25) is 5.91 Å². The summed E-state index contributed by atoms with van der Waals surface area (Å²) in [5.41, 5.74) is 0.807. The van der Waals surface area contributed by atoms with Crippen molar-refractivity contribution in [2.45, 2.75) is 50.9 Å². The van der Waals surface area contributed by atoms with Gasteiger partial charge in [-0.3, -0.25) is 4.79 Å². The Labute approximate surface area is 158 Å². The summed E-state index contributed by atoms with van der Waals surface area (Å²) in [7, 11) is 0. The molecule has 0 fully saturated rings. The summed E-state index contributed by atoms with van der Waals surface area (Å²) in [6.45, 7) is 1.91. The van der Waals surface area contributed by atoms with Crippen molar-refractivity contribution in [3.8, 4) is 12.3 Å². The maximum absolute atomic E-state index is 12.6. The van der Waals surface area contributed by atoms with Gasteiger partial charge in [0.1, 0.15) is 5.82 Å². The molecule has 2 aliphatic rings. The first-order chi connectivity index (χ1) is 13.2. The fourth-order valence-electron chi connectivity index (χ4n) is 3.47. The Bertz CT molecular complexity index is 889. The molecule has 138 valence electrons. The Morgan fingerprint density at radius 1 is 1.15 bits per heavy atom. The van der Waals surface area contributed by atoms with Crippen LogP contribution in [0.1, 0.15) is 42.9 Å². The van der Waals surface area contributed by atoms with E-state index < -0.39 is 5.66 Å². The van der Waals surface area contributed by atoms with E-state index in [9.17, 15) is 4.79 Å². The van der Waals surface area contributed by atoms with Crippen LogP contribution in [0, 0.1) is 12.3 Å². The van der Waals surface area contributed by atoms with Crippen LogP contribution in [0.2, 0.25) is 0 Å². The molecule has 0 aliphatic carbocycles. The van der Waals surface area contributed by atoms with E-state index in [1.165, 1.54) is 5.56 Å². The van der Waals surface area contributed by atoms with Gasteiger partial charge >= 0.3 is 0 Å². The number of carbonyl (C=O) groups excluding carboxylic acids is 1. The molecule has 0 saturated heterocycles. The summed E-state index contributed by atoms with van der Waals surface area (Å²) >= 11 is 0. The van der Waals surface area contributed by atoms with Gasteiger partial charge in [-0.2, -0.15) is 10.2 Å². The lowest BCUT2D eigenvalue weighted by Gasteiger charge is -2.28. The molecule has 0 radical (unpaired) electrons. The second-order valence-corrected chi connectivity index (χ2v) is 7.05. The van der Waals surface area contributed by atoms with E-state index >= 15 is 0 Å². The molecule has 1 aromatic carbocycles. The first kappa shape index (κ1) is 17.4. The first-order valence-electron chi connectivity index (χ1n) is 9.29. The van der Waals surface area contributed by atoms with Gasteiger partial charge < -0.3 is 9.47 Å². The van der Waals surface area contributed by atoms with Gasteiger partial charge in [0.05, 0.1) is 6.54 Å². The largest absolute Gasteiger partial charge is 0.333 e. The SMILES string of the molecule is C#CCCC1(CCC(=O)N2CCn3c(Cc4ccccc4)nnc3C2)N=N1. The Balaban J connectivity index is 1.34. The van der Waals surface area contributed by atoms with E-state index in [-0.39, 0.29) is 5.91 Å². The zero-order chi connectivity index (χ0) is 18.7. The van der Waals surface area contributed by atoms with Crippen LogP contribution in [-0.4, -0.2) is 37.8 Å². The van der Waals surface area contributed by atoms with E-state index in [4.69, 9.17) is 6.42 Å². The summed E-state index contributed by atoms with van der Waals surface area (Å²) in [6, 6.07) is 10.2. The van der Waals surface area contributed by atoms with Crippen LogP contribution in [0.25, 0.3) is 0 Å². The molecule has 1 aromatic heterocycles. The maximum atomic E-state index is 12.6. The molecule has 0 atom stereocenters. The first-order valence-corrected chi connectivity index (χ1v) is 9.29. The van der Waals surface area contributed by atoms with E-state index in [2.05, 4.69) is 43.0 Å². The second-order valence-electron chi connectivity index (χ2n) is 7.05. The molecule has 4 rings (SSSR count). The molecule has 7 heteroatoms. The molecule has 2 aromatic rings. The highest BCUT2D eigenvalue weighted by Gasteiger charge is 2.39. The molecule has 2 aliphatic heterocycles. The maximum Gasteiger partial charge on any atom is 0.223 e. The third-order valence-corrected chi connectivity index (χ3v) is 5.18. The van der Waals surface area contributed by atoms with Crippen molar-refractivity contribution in [3.05, 3.63) is 47.5 Å². The lowest BCUT2D eigenvalue weighted by Crippen LogP contribution is -2.39. The smallest absolute Gasteiger partial charge is 0.223 e. The van der Waals surface area contributed by atoms with Gasteiger partial charge in [-0.15, -0.1) is 22.5 Å². The van der Waals surface area contributed by atoms with Gasteiger partial charge in [-0.25, -0.2) is 0 Å². The fraction of sp³-hybridized carbons (Fsp3) is 0.450. The van der Waals surface area contributed by atoms with Crippen LogP contribution in [0.15, 0.2) is 40.6 Å². The molecular formula is C20H22N6O. The second kappa shape index (κ2) is 7.31. The standard InChI is InChI=1S/C20H22N6O/c1-2-3-10-20(23-24-20)11-9-19(27)25-12-13-26-17(21-22-18(26)15-25)14-16-7-5-4-6-8-16/h1,4-8H,3,9-15H2. The van der Waals surface area contributed by atoms with Gasteiger partial charge in [-0.05, 0) is 5.56 Å². The number of fused-ring (bicyclic) bond motifs is 1. The average Bonchev–Trinajstić information content (AvgIpc) is 3.38. The van der Waals surface area contributed by atoms with Crippen LogP contribution in [0.5, 0.6) is 0 Å². The van der Waals surface area contributed by atoms with Crippen LogP contribution in [0.3, 0.4) is 0 Å². The van der Waals surface area contributed by atoms with Crippen molar-refractivity contribution in [2.24, 2.45) is 10.2 Å². The lowest BCUT2D eigenvalue weighted by atomic mass is 10.0. The molecular weight excluding hydrogens is 340 g/mol. The summed E-state index contributed by atoms with van der Waals surface area (Å²) in [6.07, 6.45) is 8.50. The van der Waals surface area contributed by atoms with Crippen LogP contribution in [-0.2, 0) is 24.3 Å². The molecule has 1 amide bonds. The van der Waals surface area contributed by atoms with Crippen molar-refractivity contribution in [2.75, 3.05) is 6.54 Å². The molecule has 0 saturated carbocycles. The number of carbonyl (C=O) groups is 1. The summed E-state index contributed by atoms with van der Waals surface area (Å²) in [4.78, 5) is 14.5. The Hall–Kier alpha value is -3.01. The van der Waals surface area contributed by atoms with E-state index in [1.807, 2.05) is 23.1 Å². The van der Waals surface area contributed by atoms with Crippen molar-refractivity contribution in [1.82, 2.24) is 19.7 Å². The normalized spacial score (nSPS) is 16.6. The van der Waals surface area contributed by atoms with E-state index in [1.54, 1.807) is 0 Å². The zero-order valence-electron chi connectivity index (χ0n) is 15.2.